The summed E-state index contributed by atoms with van der Waals surface area (Å²) in [6.07, 6.45) is 15.6. The fraction of sp³-hybridized carbons (Fsp3) is 0.167. The third-order valence-electron chi connectivity index (χ3n) is 3.95. The van der Waals surface area contributed by atoms with Crippen molar-refractivity contribution in [3.63, 3.8) is 0 Å². The van der Waals surface area contributed by atoms with Crippen LogP contribution in [0.25, 0.3) is 10.1 Å². The van der Waals surface area contributed by atoms with Crippen LogP contribution in [0.1, 0.15) is 12.8 Å². The first-order chi connectivity index (χ1) is 10.4. The molecule has 1 aliphatic heterocycles. The lowest BCUT2D eigenvalue weighted by Crippen LogP contribution is -2.19. The van der Waals surface area contributed by atoms with Crippen LogP contribution in [0, 0.1) is 0 Å². The van der Waals surface area contributed by atoms with Crippen LogP contribution in [0.5, 0.6) is 0 Å². The largest absolute Gasteiger partial charge is 0.328 e. The summed E-state index contributed by atoms with van der Waals surface area (Å²) < 4.78 is 5.86. The van der Waals surface area contributed by atoms with E-state index in [4.69, 9.17) is 0 Å². The van der Waals surface area contributed by atoms with E-state index in [1.807, 2.05) is 0 Å². The van der Waals surface area contributed by atoms with E-state index in [-0.39, 0.29) is 0 Å². The molecule has 1 aromatic carbocycles. The second-order valence-electron chi connectivity index (χ2n) is 5.27. The maximum absolute atomic E-state index is 4.62. The van der Waals surface area contributed by atoms with E-state index in [0.29, 0.717) is 0 Å². The van der Waals surface area contributed by atoms with Gasteiger partial charge in [0.25, 0.3) is 0 Å². The van der Waals surface area contributed by atoms with Crippen molar-refractivity contribution in [2.75, 3.05) is 11.4 Å². The highest BCUT2D eigenvalue weighted by Crippen LogP contribution is 2.31. The highest BCUT2D eigenvalue weighted by Gasteiger charge is 2.14. The quantitative estimate of drug-likeness (QED) is 0.737. The summed E-state index contributed by atoms with van der Waals surface area (Å²) in [4.78, 5) is 2.22. The fourth-order valence-electron chi connectivity index (χ4n) is 2.81. The van der Waals surface area contributed by atoms with E-state index >= 15 is 0 Å². The predicted molar refractivity (Wildman–Crippen MR) is 90.6 cm³/mol. The first kappa shape index (κ1) is 12.6. The van der Waals surface area contributed by atoms with Crippen LogP contribution < -0.4 is 4.90 Å². The van der Waals surface area contributed by atoms with Gasteiger partial charge in [0.1, 0.15) is 0 Å². The van der Waals surface area contributed by atoms with Gasteiger partial charge in [0.2, 0.25) is 0 Å². The number of aromatic nitrogens is 1. The smallest absolute Gasteiger partial charge is 0.154 e. The van der Waals surface area contributed by atoms with Gasteiger partial charge < -0.3 is 4.90 Å². The first-order valence-corrected chi connectivity index (χ1v) is 8.03. The van der Waals surface area contributed by atoms with Gasteiger partial charge in [-0.15, -0.1) is 0 Å². The SMILES string of the molecule is C1=CCC(C2=CCN(c3nsc4ccccc34)C=C2)=CC1. The second-order valence-corrected chi connectivity index (χ2v) is 6.08. The Morgan fingerprint density at radius 2 is 2.05 bits per heavy atom. The van der Waals surface area contributed by atoms with Crippen molar-refractivity contribution in [2.24, 2.45) is 0 Å². The van der Waals surface area contributed by atoms with Crippen molar-refractivity contribution in [1.82, 2.24) is 4.37 Å². The molecule has 0 spiro atoms. The third kappa shape index (κ3) is 2.34. The highest BCUT2D eigenvalue weighted by atomic mass is 32.1. The molecule has 0 unspecified atom stereocenters. The Kier molecular flexibility index (Phi) is 3.20. The highest BCUT2D eigenvalue weighted by molar-refractivity contribution is 7.13. The molecule has 2 aromatic rings. The van der Waals surface area contributed by atoms with Crippen molar-refractivity contribution in [3.05, 3.63) is 72.0 Å². The first-order valence-electron chi connectivity index (χ1n) is 7.25. The summed E-state index contributed by atoms with van der Waals surface area (Å²) in [6.45, 7) is 0.889. The molecule has 21 heavy (non-hydrogen) atoms. The van der Waals surface area contributed by atoms with Gasteiger partial charge in [0, 0.05) is 18.1 Å². The van der Waals surface area contributed by atoms with Gasteiger partial charge in [-0.25, -0.2) is 0 Å². The topological polar surface area (TPSA) is 16.1 Å². The molecule has 1 aromatic heterocycles. The van der Waals surface area contributed by atoms with E-state index < -0.39 is 0 Å². The molecule has 104 valence electrons. The summed E-state index contributed by atoms with van der Waals surface area (Å²) in [7, 11) is 0. The third-order valence-corrected chi connectivity index (χ3v) is 4.76. The normalized spacial score (nSPS) is 18.0. The zero-order valence-electron chi connectivity index (χ0n) is 11.7. The second kappa shape index (κ2) is 5.34. The number of hydrogen-bond donors (Lipinski definition) is 0. The van der Waals surface area contributed by atoms with Gasteiger partial charge in [0.15, 0.2) is 5.82 Å². The van der Waals surface area contributed by atoms with Crippen molar-refractivity contribution in [3.8, 4) is 0 Å². The van der Waals surface area contributed by atoms with Crippen LogP contribution in [0.4, 0.5) is 5.82 Å². The zero-order chi connectivity index (χ0) is 14.1. The van der Waals surface area contributed by atoms with E-state index in [1.54, 1.807) is 11.5 Å². The molecule has 0 saturated heterocycles. The van der Waals surface area contributed by atoms with Crippen LogP contribution in [0.15, 0.2) is 72.0 Å². The molecule has 0 atom stereocenters. The predicted octanol–water partition coefficient (Wildman–Crippen LogP) is 4.83. The number of anilines is 1. The number of rotatable bonds is 2. The summed E-state index contributed by atoms with van der Waals surface area (Å²) in [5.74, 6) is 1.07. The standard InChI is InChI=1S/C18H16N2S/c1-2-6-14(7-3-1)15-10-12-20(13-11-15)18-16-8-4-5-9-17(16)21-19-18/h1-2,4-5,7-12H,3,6,13H2. The molecule has 0 bridgehead atoms. The Bertz CT molecular complexity index is 792. The minimum Gasteiger partial charge on any atom is -0.328 e. The number of allylic oxidation sites excluding steroid dienone is 6. The summed E-state index contributed by atoms with van der Waals surface area (Å²) in [6, 6.07) is 8.42. The average molecular weight is 292 g/mol. The number of benzene rings is 1. The number of nitrogens with zero attached hydrogens (tertiary/aromatic N) is 2. The molecule has 4 rings (SSSR count). The van der Waals surface area contributed by atoms with Crippen LogP contribution in [-0.4, -0.2) is 10.9 Å². The molecule has 0 fully saturated rings. The molecule has 0 saturated carbocycles. The lowest BCUT2D eigenvalue weighted by atomic mass is 9.96. The summed E-state index contributed by atoms with van der Waals surface area (Å²) in [5.41, 5.74) is 2.80. The molecular formula is C18H16N2S. The van der Waals surface area contributed by atoms with Crippen LogP contribution in [0.2, 0.25) is 0 Å². The molecular weight excluding hydrogens is 276 g/mol. The Morgan fingerprint density at radius 1 is 1.10 bits per heavy atom. The van der Waals surface area contributed by atoms with Crippen LogP contribution in [-0.2, 0) is 0 Å². The molecule has 0 radical (unpaired) electrons. The summed E-state index contributed by atoms with van der Waals surface area (Å²) in [5, 5.41) is 1.24. The van der Waals surface area contributed by atoms with E-state index in [9.17, 15) is 0 Å². The summed E-state index contributed by atoms with van der Waals surface area (Å²) >= 11 is 1.57. The van der Waals surface area contributed by atoms with Crippen molar-refractivity contribution in [1.29, 1.82) is 0 Å². The fourth-order valence-corrected chi connectivity index (χ4v) is 3.59. The minimum atomic E-state index is 0.889. The molecule has 2 heterocycles. The van der Waals surface area contributed by atoms with E-state index in [2.05, 4.69) is 70.1 Å². The Hall–Kier alpha value is -2.13. The monoisotopic (exact) mass is 292 g/mol. The molecule has 0 amide bonds. The maximum atomic E-state index is 4.62. The minimum absolute atomic E-state index is 0.889. The Balaban J connectivity index is 1.59. The zero-order valence-corrected chi connectivity index (χ0v) is 12.5. The van der Waals surface area contributed by atoms with Gasteiger partial charge >= 0.3 is 0 Å². The van der Waals surface area contributed by atoms with Gasteiger partial charge in [-0.1, -0.05) is 36.4 Å². The average Bonchev–Trinajstić information content (AvgIpc) is 3.00. The van der Waals surface area contributed by atoms with Gasteiger partial charge in [-0.2, -0.15) is 4.37 Å². The van der Waals surface area contributed by atoms with Crippen molar-refractivity contribution >= 4 is 27.4 Å². The lowest BCUT2D eigenvalue weighted by molar-refractivity contribution is 1.03. The van der Waals surface area contributed by atoms with Gasteiger partial charge in [-0.3, -0.25) is 0 Å². The van der Waals surface area contributed by atoms with E-state index in [0.717, 1.165) is 25.2 Å². The molecule has 3 heteroatoms. The molecule has 1 aliphatic carbocycles. The molecule has 2 nitrogen and oxygen atoms in total. The Morgan fingerprint density at radius 3 is 2.86 bits per heavy atom. The Labute approximate surface area is 128 Å². The van der Waals surface area contributed by atoms with Crippen LogP contribution >= 0.6 is 11.5 Å². The van der Waals surface area contributed by atoms with Crippen LogP contribution in [0.3, 0.4) is 0 Å². The molecule has 0 N–H and O–H groups in total. The van der Waals surface area contributed by atoms with Crippen molar-refractivity contribution in [2.45, 2.75) is 12.8 Å². The van der Waals surface area contributed by atoms with Gasteiger partial charge in [0.05, 0.1) is 4.70 Å². The molecule has 2 aliphatic rings. The van der Waals surface area contributed by atoms with Gasteiger partial charge in [-0.05, 0) is 53.7 Å². The lowest BCUT2D eigenvalue weighted by Gasteiger charge is -2.22. The van der Waals surface area contributed by atoms with E-state index in [1.165, 1.54) is 21.2 Å². The number of fused-ring (bicyclic) bond motifs is 1. The maximum Gasteiger partial charge on any atom is 0.154 e. The van der Waals surface area contributed by atoms with Crippen molar-refractivity contribution < 1.29 is 0 Å². The number of hydrogen-bond acceptors (Lipinski definition) is 3.